The molecule has 4 N–H and O–H groups in total. The summed E-state index contributed by atoms with van der Waals surface area (Å²) in [5.41, 5.74) is 5.56. The predicted molar refractivity (Wildman–Crippen MR) is 98.7 cm³/mol. The van der Waals surface area contributed by atoms with Crippen molar-refractivity contribution in [3.63, 3.8) is 0 Å². The van der Waals surface area contributed by atoms with Crippen LogP contribution in [-0.2, 0) is 14.6 Å². The fourth-order valence-corrected chi connectivity index (χ4v) is 3.06. The lowest BCUT2D eigenvalue weighted by molar-refractivity contribution is -0.384. The molecule has 140 valence electrons. The van der Waals surface area contributed by atoms with Crippen LogP contribution in [0.2, 0.25) is 0 Å². The highest BCUT2D eigenvalue weighted by Gasteiger charge is 2.18. The maximum Gasteiger partial charge on any atom is 0.293 e. The molecule has 0 aromatic heterocycles. The standard InChI is InChI=1S/C14H22N4O5S2/c1-24-8-5-11(15)14(19)17-7-6-16-12-4-3-10(25(2,22)23)9-13(12)18(20)21/h3-4,9,11,16H,5-8,15H2,1-2H3,(H,17,19)/t11-/m0/s1. The summed E-state index contributed by atoms with van der Waals surface area (Å²) >= 11 is 1.60. The summed E-state index contributed by atoms with van der Waals surface area (Å²) in [7, 11) is -3.53. The molecule has 1 amide bonds. The number of anilines is 1. The number of nitro benzene ring substituents is 1. The molecule has 0 heterocycles. The van der Waals surface area contributed by atoms with Gasteiger partial charge in [-0.2, -0.15) is 11.8 Å². The van der Waals surface area contributed by atoms with E-state index in [2.05, 4.69) is 10.6 Å². The summed E-state index contributed by atoms with van der Waals surface area (Å²) in [5, 5.41) is 16.6. The largest absolute Gasteiger partial charge is 0.378 e. The molecular weight excluding hydrogens is 368 g/mol. The molecule has 25 heavy (non-hydrogen) atoms. The number of nitrogens with one attached hydrogen (secondary N) is 2. The summed E-state index contributed by atoms with van der Waals surface area (Å²) in [6.45, 7) is 0.469. The number of carbonyl (C=O) groups excluding carboxylic acids is 1. The topological polar surface area (TPSA) is 144 Å². The second-order valence-corrected chi connectivity index (χ2v) is 8.32. The SMILES string of the molecule is CSCC[C@H](N)C(=O)NCCNc1ccc(S(C)(=O)=O)cc1[N+](=O)[O-]. The summed E-state index contributed by atoms with van der Waals surface area (Å²) in [6, 6.07) is 3.05. The van der Waals surface area contributed by atoms with Gasteiger partial charge in [-0.1, -0.05) is 0 Å². The Kier molecular flexibility index (Phi) is 8.13. The average Bonchev–Trinajstić information content (AvgIpc) is 2.55. The lowest BCUT2D eigenvalue weighted by atomic mass is 10.2. The highest BCUT2D eigenvalue weighted by molar-refractivity contribution is 7.98. The number of nitrogens with two attached hydrogens (primary N) is 1. The van der Waals surface area contributed by atoms with Gasteiger partial charge in [-0.15, -0.1) is 0 Å². The molecule has 0 bridgehead atoms. The van der Waals surface area contributed by atoms with Crippen LogP contribution in [0.1, 0.15) is 6.42 Å². The maximum absolute atomic E-state index is 11.7. The van der Waals surface area contributed by atoms with E-state index < -0.39 is 20.8 Å². The third-order valence-corrected chi connectivity index (χ3v) is 5.06. The summed E-state index contributed by atoms with van der Waals surface area (Å²) in [5.74, 6) is 0.504. The monoisotopic (exact) mass is 390 g/mol. The van der Waals surface area contributed by atoms with Crippen molar-refractivity contribution in [1.29, 1.82) is 0 Å². The number of sulfone groups is 1. The lowest BCUT2D eigenvalue weighted by Gasteiger charge is -2.12. The van der Waals surface area contributed by atoms with Gasteiger partial charge >= 0.3 is 0 Å². The summed E-state index contributed by atoms with van der Waals surface area (Å²) in [6.07, 6.45) is 3.48. The number of carbonyl (C=O) groups is 1. The molecule has 0 aliphatic heterocycles. The van der Waals surface area contributed by atoms with Gasteiger partial charge in [0.2, 0.25) is 5.91 Å². The van der Waals surface area contributed by atoms with Crippen LogP contribution in [0.3, 0.4) is 0 Å². The predicted octanol–water partition coefficient (Wildman–Crippen LogP) is 0.607. The molecule has 0 aliphatic carbocycles. The third kappa shape index (κ3) is 6.88. The number of hydrogen-bond acceptors (Lipinski definition) is 8. The first-order chi connectivity index (χ1) is 11.7. The first kappa shape index (κ1) is 21.2. The van der Waals surface area contributed by atoms with E-state index in [0.717, 1.165) is 18.1 Å². The van der Waals surface area contributed by atoms with Crippen LogP contribution in [0.15, 0.2) is 23.1 Å². The molecule has 0 aliphatic rings. The first-order valence-electron chi connectivity index (χ1n) is 7.41. The summed E-state index contributed by atoms with van der Waals surface area (Å²) in [4.78, 5) is 22.1. The highest BCUT2D eigenvalue weighted by Crippen LogP contribution is 2.27. The smallest absolute Gasteiger partial charge is 0.293 e. The van der Waals surface area contributed by atoms with Crippen molar-refractivity contribution >= 4 is 38.9 Å². The van der Waals surface area contributed by atoms with Crippen LogP contribution in [-0.4, -0.2) is 56.6 Å². The minimum absolute atomic E-state index is 0.127. The van der Waals surface area contributed by atoms with Crippen LogP contribution in [0.25, 0.3) is 0 Å². The van der Waals surface area contributed by atoms with E-state index in [0.29, 0.717) is 6.42 Å². The van der Waals surface area contributed by atoms with E-state index in [-0.39, 0.29) is 35.3 Å². The molecule has 11 heteroatoms. The molecule has 0 spiro atoms. The van der Waals surface area contributed by atoms with E-state index in [9.17, 15) is 23.3 Å². The van der Waals surface area contributed by atoms with Crippen molar-refractivity contribution in [3.8, 4) is 0 Å². The van der Waals surface area contributed by atoms with Gasteiger partial charge in [0.05, 0.1) is 15.9 Å². The average molecular weight is 390 g/mol. The number of rotatable bonds is 10. The van der Waals surface area contributed by atoms with Gasteiger partial charge in [0.15, 0.2) is 9.84 Å². The molecule has 1 aromatic carbocycles. The molecule has 0 saturated heterocycles. The fraction of sp³-hybridized carbons (Fsp3) is 0.500. The fourth-order valence-electron chi connectivity index (χ4n) is 1.93. The molecule has 0 radical (unpaired) electrons. The Morgan fingerprint density at radius 1 is 1.40 bits per heavy atom. The van der Waals surface area contributed by atoms with Crippen molar-refractivity contribution in [2.75, 3.05) is 36.7 Å². The van der Waals surface area contributed by atoms with Crippen LogP contribution < -0.4 is 16.4 Å². The van der Waals surface area contributed by atoms with E-state index in [1.54, 1.807) is 11.8 Å². The van der Waals surface area contributed by atoms with Gasteiger partial charge in [0.1, 0.15) is 5.69 Å². The van der Waals surface area contributed by atoms with Crippen molar-refractivity contribution in [2.45, 2.75) is 17.4 Å². The van der Waals surface area contributed by atoms with Crippen LogP contribution in [0.4, 0.5) is 11.4 Å². The highest BCUT2D eigenvalue weighted by atomic mass is 32.2. The summed E-state index contributed by atoms with van der Waals surface area (Å²) < 4.78 is 23.0. The molecule has 0 saturated carbocycles. The molecule has 1 aromatic rings. The third-order valence-electron chi connectivity index (χ3n) is 3.30. The number of nitro groups is 1. The van der Waals surface area contributed by atoms with Crippen LogP contribution in [0, 0.1) is 10.1 Å². The second-order valence-electron chi connectivity index (χ2n) is 5.31. The quantitative estimate of drug-likeness (QED) is 0.299. The number of nitrogens with zero attached hydrogens (tertiary/aromatic N) is 1. The van der Waals surface area contributed by atoms with Gasteiger partial charge in [-0.25, -0.2) is 8.42 Å². The number of amides is 1. The van der Waals surface area contributed by atoms with Crippen LogP contribution >= 0.6 is 11.8 Å². The Morgan fingerprint density at radius 2 is 2.08 bits per heavy atom. The molecule has 1 atom stereocenters. The molecule has 0 unspecified atom stereocenters. The van der Waals surface area contributed by atoms with E-state index >= 15 is 0 Å². The molecule has 0 fully saturated rings. The van der Waals surface area contributed by atoms with Crippen LogP contribution in [0.5, 0.6) is 0 Å². The Labute approximate surface area is 150 Å². The first-order valence-corrected chi connectivity index (χ1v) is 10.7. The minimum Gasteiger partial charge on any atom is -0.378 e. The Balaban J connectivity index is 2.63. The van der Waals surface area contributed by atoms with Crippen molar-refractivity contribution in [2.24, 2.45) is 5.73 Å². The molecule has 1 rings (SSSR count). The van der Waals surface area contributed by atoms with E-state index in [1.807, 2.05) is 6.26 Å². The lowest BCUT2D eigenvalue weighted by Crippen LogP contribution is -2.42. The number of benzene rings is 1. The van der Waals surface area contributed by atoms with Gasteiger partial charge in [-0.05, 0) is 30.6 Å². The van der Waals surface area contributed by atoms with Crippen molar-refractivity contribution in [1.82, 2.24) is 5.32 Å². The molecular formula is C14H22N4O5S2. The Bertz CT molecular complexity index is 724. The Morgan fingerprint density at radius 3 is 2.64 bits per heavy atom. The van der Waals surface area contributed by atoms with Gasteiger partial charge in [0, 0.05) is 25.4 Å². The van der Waals surface area contributed by atoms with Crippen molar-refractivity contribution < 1.29 is 18.1 Å². The normalized spacial score (nSPS) is 12.4. The zero-order valence-electron chi connectivity index (χ0n) is 14.0. The van der Waals surface area contributed by atoms with Crippen molar-refractivity contribution in [3.05, 3.63) is 28.3 Å². The van der Waals surface area contributed by atoms with E-state index in [4.69, 9.17) is 5.73 Å². The van der Waals surface area contributed by atoms with Gasteiger partial charge < -0.3 is 16.4 Å². The van der Waals surface area contributed by atoms with Gasteiger partial charge in [0.25, 0.3) is 5.69 Å². The number of hydrogen-bond donors (Lipinski definition) is 3. The zero-order valence-corrected chi connectivity index (χ0v) is 15.7. The zero-order chi connectivity index (χ0) is 19.0. The number of thioether (sulfide) groups is 1. The molecule has 9 nitrogen and oxygen atoms in total. The maximum atomic E-state index is 11.7. The van der Waals surface area contributed by atoms with Gasteiger partial charge in [-0.3, -0.25) is 14.9 Å². The second kappa shape index (κ2) is 9.59. The van der Waals surface area contributed by atoms with E-state index in [1.165, 1.54) is 12.1 Å². The Hall–Kier alpha value is -1.85. The minimum atomic E-state index is -3.53.